The molecule has 1 aliphatic heterocycles. The maximum Gasteiger partial charge on any atom is 0.182 e. The number of ether oxygens (including phenoxy) is 4. The van der Waals surface area contributed by atoms with Crippen molar-refractivity contribution in [1.29, 1.82) is 0 Å². The molecule has 0 aromatic carbocycles. The van der Waals surface area contributed by atoms with Crippen LogP contribution in [0.25, 0.3) is 0 Å². The van der Waals surface area contributed by atoms with Crippen LogP contribution in [0.15, 0.2) is 0 Å². The molecular weight excluding hydrogens is 258 g/mol. The summed E-state index contributed by atoms with van der Waals surface area (Å²) in [6, 6.07) is 0. The van der Waals surface area contributed by atoms with E-state index >= 15 is 0 Å². The first kappa shape index (κ1) is 16.9. The van der Waals surface area contributed by atoms with E-state index in [0.717, 1.165) is 49.1 Å². The Hall–Kier alpha value is -1.20. The molecule has 116 valence electrons. The van der Waals surface area contributed by atoms with Crippen molar-refractivity contribution in [3.05, 3.63) is 11.4 Å². The zero-order valence-corrected chi connectivity index (χ0v) is 12.0. The van der Waals surface area contributed by atoms with Crippen LogP contribution in [-0.2, 0) is 16.0 Å². The minimum atomic E-state index is 0. The van der Waals surface area contributed by atoms with Crippen LogP contribution >= 0.6 is 0 Å². The van der Waals surface area contributed by atoms with Gasteiger partial charge >= 0.3 is 0 Å². The Balaban J connectivity index is 0.00000200. The van der Waals surface area contributed by atoms with Crippen LogP contribution in [0.4, 0.5) is 0 Å². The molecule has 2 rings (SSSR count). The third-order valence-corrected chi connectivity index (χ3v) is 3.35. The molecule has 2 heterocycles. The smallest absolute Gasteiger partial charge is 0.182 e. The Kier molecular flexibility index (Phi) is 6.88. The largest absolute Gasteiger partial charge is 0.488 e. The maximum absolute atomic E-state index is 5.78. The van der Waals surface area contributed by atoms with Gasteiger partial charge in [0.05, 0.1) is 44.4 Å². The molecule has 0 atom stereocenters. The lowest BCUT2D eigenvalue weighted by molar-refractivity contribution is 0.0662. The van der Waals surface area contributed by atoms with Gasteiger partial charge in [0.25, 0.3) is 0 Å². The molecule has 0 amide bonds. The molecule has 1 aliphatic rings. The quantitative estimate of drug-likeness (QED) is 0.753. The summed E-state index contributed by atoms with van der Waals surface area (Å²) < 4.78 is 24.2. The van der Waals surface area contributed by atoms with Crippen molar-refractivity contribution in [2.75, 3.05) is 40.1 Å². The monoisotopic (exact) mass is 285 g/mol. The first-order valence-electron chi connectivity index (χ1n) is 6.77. The molecule has 0 fully saturated rings. The SMILES string of the molecule is C.COCCOCCn1c(C)c2c(c1C)OCCCO2. The lowest BCUT2D eigenvalue weighted by Crippen LogP contribution is -2.12. The average Bonchev–Trinajstić information content (AvgIpc) is 2.62. The molecule has 0 saturated carbocycles. The van der Waals surface area contributed by atoms with Gasteiger partial charge in [0.2, 0.25) is 0 Å². The van der Waals surface area contributed by atoms with Gasteiger partial charge in [-0.2, -0.15) is 0 Å². The fourth-order valence-corrected chi connectivity index (χ4v) is 2.31. The second kappa shape index (κ2) is 8.17. The Labute approximate surface area is 121 Å². The highest BCUT2D eigenvalue weighted by molar-refractivity contribution is 5.50. The van der Waals surface area contributed by atoms with Gasteiger partial charge in [-0.3, -0.25) is 0 Å². The van der Waals surface area contributed by atoms with E-state index in [1.165, 1.54) is 0 Å². The summed E-state index contributed by atoms with van der Waals surface area (Å²) in [6.07, 6.45) is 0.938. The summed E-state index contributed by atoms with van der Waals surface area (Å²) in [7, 11) is 1.68. The molecule has 0 bridgehead atoms. The Bertz CT molecular complexity index is 385. The van der Waals surface area contributed by atoms with Crippen molar-refractivity contribution in [2.45, 2.75) is 34.2 Å². The van der Waals surface area contributed by atoms with E-state index in [1.54, 1.807) is 7.11 Å². The third kappa shape index (κ3) is 3.67. The summed E-state index contributed by atoms with van der Waals surface area (Å²) in [6.45, 7) is 8.31. The molecule has 5 nitrogen and oxygen atoms in total. The second-order valence-electron chi connectivity index (χ2n) is 4.64. The van der Waals surface area contributed by atoms with Gasteiger partial charge in [0.15, 0.2) is 11.5 Å². The molecule has 5 heteroatoms. The van der Waals surface area contributed by atoms with Crippen LogP contribution in [0.3, 0.4) is 0 Å². The van der Waals surface area contributed by atoms with Gasteiger partial charge in [-0.05, 0) is 13.8 Å². The number of methoxy groups -OCH3 is 1. The summed E-state index contributed by atoms with van der Waals surface area (Å²) in [4.78, 5) is 0. The van der Waals surface area contributed by atoms with Crippen LogP contribution in [0.1, 0.15) is 25.2 Å². The molecule has 0 aliphatic carbocycles. The van der Waals surface area contributed by atoms with E-state index < -0.39 is 0 Å². The fraction of sp³-hybridized carbons (Fsp3) is 0.733. The second-order valence-corrected chi connectivity index (χ2v) is 4.64. The van der Waals surface area contributed by atoms with E-state index in [0.29, 0.717) is 19.8 Å². The first-order valence-corrected chi connectivity index (χ1v) is 6.77. The standard InChI is InChI=1S/C14H23NO4.CH4/c1-11-13-14(19-7-4-6-18-13)12(2)15(11)5-8-17-10-9-16-3;/h4-10H2,1-3H3;1H4. The van der Waals surface area contributed by atoms with Crippen molar-refractivity contribution in [3.8, 4) is 11.5 Å². The summed E-state index contributed by atoms with van der Waals surface area (Å²) in [5, 5.41) is 0. The van der Waals surface area contributed by atoms with Crippen LogP contribution in [0.2, 0.25) is 0 Å². The third-order valence-electron chi connectivity index (χ3n) is 3.35. The average molecular weight is 285 g/mol. The predicted molar refractivity (Wildman–Crippen MR) is 78.9 cm³/mol. The van der Waals surface area contributed by atoms with Gasteiger partial charge in [0, 0.05) is 20.1 Å². The molecular formula is C15H27NO4. The number of hydrogen-bond donors (Lipinski definition) is 0. The highest BCUT2D eigenvalue weighted by atomic mass is 16.5. The lowest BCUT2D eigenvalue weighted by atomic mass is 10.4. The van der Waals surface area contributed by atoms with Crippen molar-refractivity contribution in [2.24, 2.45) is 0 Å². The van der Waals surface area contributed by atoms with Gasteiger partial charge in [0.1, 0.15) is 0 Å². The van der Waals surface area contributed by atoms with E-state index in [-0.39, 0.29) is 7.43 Å². The highest BCUT2D eigenvalue weighted by Crippen LogP contribution is 2.38. The van der Waals surface area contributed by atoms with Gasteiger partial charge in [-0.1, -0.05) is 7.43 Å². The highest BCUT2D eigenvalue weighted by Gasteiger charge is 2.22. The fourth-order valence-electron chi connectivity index (χ4n) is 2.31. The minimum absolute atomic E-state index is 0. The zero-order valence-electron chi connectivity index (χ0n) is 12.0. The molecule has 1 aromatic heterocycles. The molecule has 0 spiro atoms. The van der Waals surface area contributed by atoms with Crippen LogP contribution < -0.4 is 9.47 Å². The van der Waals surface area contributed by atoms with E-state index in [4.69, 9.17) is 18.9 Å². The Morgan fingerprint density at radius 3 is 2.15 bits per heavy atom. The summed E-state index contributed by atoms with van der Waals surface area (Å²) >= 11 is 0. The van der Waals surface area contributed by atoms with Crippen LogP contribution in [0, 0.1) is 13.8 Å². The van der Waals surface area contributed by atoms with Gasteiger partial charge in [-0.15, -0.1) is 0 Å². The van der Waals surface area contributed by atoms with Crippen molar-refractivity contribution in [1.82, 2.24) is 4.57 Å². The van der Waals surface area contributed by atoms with Crippen molar-refractivity contribution >= 4 is 0 Å². The number of nitrogens with zero attached hydrogens (tertiary/aromatic N) is 1. The van der Waals surface area contributed by atoms with Crippen molar-refractivity contribution in [3.63, 3.8) is 0 Å². The van der Waals surface area contributed by atoms with Gasteiger partial charge < -0.3 is 23.5 Å². The number of aromatic nitrogens is 1. The van der Waals surface area contributed by atoms with E-state index in [2.05, 4.69) is 18.4 Å². The number of rotatable bonds is 6. The summed E-state index contributed by atoms with van der Waals surface area (Å²) in [5.41, 5.74) is 2.23. The van der Waals surface area contributed by atoms with E-state index in [9.17, 15) is 0 Å². The van der Waals surface area contributed by atoms with Gasteiger partial charge in [-0.25, -0.2) is 0 Å². The van der Waals surface area contributed by atoms with E-state index in [1.807, 2.05) is 0 Å². The minimum Gasteiger partial charge on any atom is -0.488 e. The number of hydrogen-bond acceptors (Lipinski definition) is 4. The summed E-state index contributed by atoms with van der Waals surface area (Å²) in [5.74, 6) is 1.79. The predicted octanol–water partition coefficient (Wildman–Crippen LogP) is 2.57. The van der Waals surface area contributed by atoms with Crippen molar-refractivity contribution < 1.29 is 18.9 Å². The molecule has 0 unspecified atom stereocenters. The van der Waals surface area contributed by atoms with Crippen LogP contribution in [0.5, 0.6) is 11.5 Å². The van der Waals surface area contributed by atoms with Crippen LogP contribution in [-0.4, -0.2) is 44.7 Å². The first-order chi connectivity index (χ1) is 9.25. The maximum atomic E-state index is 5.78. The lowest BCUT2D eigenvalue weighted by Gasteiger charge is -2.10. The topological polar surface area (TPSA) is 41.9 Å². The zero-order chi connectivity index (χ0) is 13.7. The normalized spacial score (nSPS) is 13.8. The molecule has 0 N–H and O–H groups in total. The Morgan fingerprint density at radius 1 is 1.00 bits per heavy atom. The molecule has 20 heavy (non-hydrogen) atoms. The molecule has 1 aromatic rings. The number of fused-ring (bicyclic) bond motifs is 1. The Morgan fingerprint density at radius 2 is 1.60 bits per heavy atom. The molecule has 0 saturated heterocycles. The molecule has 0 radical (unpaired) electrons.